The SMILES string of the molecule is CCCCC1CCC(C2CCC(c3cc(F)c(C(F)(F)Oc4cc(F)c(F)c(F)c4C)c(F)c3)CC2)OC1. The number of hydrogen-bond acceptors (Lipinski definition) is 2. The number of halogens is 7. The number of ether oxygens (including phenoxy) is 2. The molecule has 1 saturated heterocycles. The van der Waals surface area contributed by atoms with Crippen LogP contribution >= 0.6 is 0 Å². The van der Waals surface area contributed by atoms with Crippen LogP contribution in [-0.4, -0.2) is 12.7 Å². The summed E-state index contributed by atoms with van der Waals surface area (Å²) >= 11 is 0. The van der Waals surface area contributed by atoms with E-state index in [1.165, 1.54) is 19.3 Å². The summed E-state index contributed by atoms with van der Waals surface area (Å²) in [7, 11) is 0. The minimum Gasteiger partial charge on any atom is -0.428 e. The van der Waals surface area contributed by atoms with E-state index < -0.39 is 52.1 Å². The lowest BCUT2D eigenvalue weighted by Gasteiger charge is -2.38. The van der Waals surface area contributed by atoms with Crippen molar-refractivity contribution in [1.82, 2.24) is 0 Å². The molecule has 38 heavy (non-hydrogen) atoms. The second kappa shape index (κ2) is 11.8. The van der Waals surface area contributed by atoms with Gasteiger partial charge in [-0.15, -0.1) is 0 Å². The van der Waals surface area contributed by atoms with E-state index in [2.05, 4.69) is 11.7 Å². The van der Waals surface area contributed by atoms with Gasteiger partial charge in [0, 0.05) is 18.2 Å². The van der Waals surface area contributed by atoms with E-state index in [0.29, 0.717) is 24.7 Å². The Morgan fingerprint density at radius 2 is 1.53 bits per heavy atom. The van der Waals surface area contributed by atoms with Crippen LogP contribution in [-0.2, 0) is 10.8 Å². The summed E-state index contributed by atoms with van der Waals surface area (Å²) in [6, 6.07) is 1.95. The van der Waals surface area contributed by atoms with Crippen LogP contribution in [0.15, 0.2) is 18.2 Å². The fraction of sp³-hybridized carbons (Fsp3) is 0.586. The molecule has 210 valence electrons. The summed E-state index contributed by atoms with van der Waals surface area (Å²) in [5, 5.41) is 0. The van der Waals surface area contributed by atoms with Crippen LogP contribution in [0.4, 0.5) is 30.7 Å². The molecule has 0 N–H and O–H groups in total. The summed E-state index contributed by atoms with van der Waals surface area (Å²) in [4.78, 5) is 0. The monoisotopic (exact) mass is 546 g/mol. The molecule has 0 aromatic heterocycles. The second-order valence-corrected chi connectivity index (χ2v) is 10.7. The predicted octanol–water partition coefficient (Wildman–Crippen LogP) is 9.08. The number of alkyl halides is 2. The van der Waals surface area contributed by atoms with Crippen molar-refractivity contribution in [2.45, 2.75) is 89.8 Å². The third-order valence-electron chi connectivity index (χ3n) is 8.09. The Bertz CT molecular complexity index is 1100. The Balaban J connectivity index is 1.41. The van der Waals surface area contributed by atoms with Crippen LogP contribution in [0.25, 0.3) is 0 Å². The highest BCUT2D eigenvalue weighted by Crippen LogP contribution is 2.43. The molecule has 2 aliphatic rings. The van der Waals surface area contributed by atoms with Crippen molar-refractivity contribution >= 4 is 0 Å². The number of hydrogen-bond donors (Lipinski definition) is 0. The standard InChI is InChI=1S/C29H33F7O2/c1-3-4-5-17-6-11-24(37-15-17)19-9-7-18(8-10-19)20-12-21(30)26(22(31)13-20)29(35,36)38-25-14-23(32)28(34)27(33)16(25)2/h12-14,17-19,24H,3-11,15H2,1-2H3. The molecule has 2 nitrogen and oxygen atoms in total. The molecule has 1 aliphatic heterocycles. The molecule has 2 atom stereocenters. The van der Waals surface area contributed by atoms with Gasteiger partial charge in [0.25, 0.3) is 0 Å². The first-order valence-electron chi connectivity index (χ1n) is 13.3. The predicted molar refractivity (Wildman–Crippen MR) is 129 cm³/mol. The molecule has 0 spiro atoms. The van der Waals surface area contributed by atoms with E-state index in [4.69, 9.17) is 4.74 Å². The van der Waals surface area contributed by atoms with E-state index in [-0.39, 0.29) is 23.7 Å². The van der Waals surface area contributed by atoms with Crippen LogP contribution in [0, 0.1) is 47.8 Å². The van der Waals surface area contributed by atoms with Crippen molar-refractivity contribution in [1.29, 1.82) is 0 Å². The average molecular weight is 547 g/mol. The molecule has 4 rings (SSSR count). The summed E-state index contributed by atoms with van der Waals surface area (Å²) in [6.45, 7) is 3.84. The minimum absolute atomic E-state index is 0.185. The van der Waals surface area contributed by atoms with Crippen molar-refractivity contribution in [2.24, 2.45) is 11.8 Å². The lowest BCUT2D eigenvalue weighted by Crippen LogP contribution is -2.34. The Labute approximate surface area is 218 Å². The van der Waals surface area contributed by atoms with Gasteiger partial charge in [-0.05, 0) is 87.3 Å². The lowest BCUT2D eigenvalue weighted by atomic mass is 9.75. The van der Waals surface area contributed by atoms with Gasteiger partial charge < -0.3 is 9.47 Å². The Morgan fingerprint density at radius 3 is 2.11 bits per heavy atom. The molecule has 1 saturated carbocycles. The first-order chi connectivity index (χ1) is 18.0. The first-order valence-corrected chi connectivity index (χ1v) is 13.3. The van der Waals surface area contributed by atoms with Gasteiger partial charge in [-0.1, -0.05) is 19.8 Å². The molecule has 2 unspecified atom stereocenters. The van der Waals surface area contributed by atoms with Crippen molar-refractivity contribution in [2.75, 3.05) is 6.61 Å². The Kier molecular flexibility index (Phi) is 8.95. The fourth-order valence-electron chi connectivity index (χ4n) is 5.81. The summed E-state index contributed by atoms with van der Waals surface area (Å²) in [5.41, 5.74) is -2.15. The zero-order valence-electron chi connectivity index (χ0n) is 21.6. The molecule has 0 amide bonds. The molecule has 1 aliphatic carbocycles. The Morgan fingerprint density at radius 1 is 0.868 bits per heavy atom. The zero-order valence-corrected chi connectivity index (χ0v) is 21.6. The van der Waals surface area contributed by atoms with Crippen molar-refractivity contribution in [3.8, 4) is 5.75 Å². The molecule has 9 heteroatoms. The Hall–Kier alpha value is -2.29. The van der Waals surface area contributed by atoms with E-state index in [1.54, 1.807) is 0 Å². The number of unbranched alkanes of at least 4 members (excludes halogenated alkanes) is 1. The average Bonchev–Trinajstić information content (AvgIpc) is 2.89. The van der Waals surface area contributed by atoms with E-state index in [1.807, 2.05) is 0 Å². The first kappa shape index (κ1) is 28.7. The highest BCUT2D eigenvalue weighted by Gasteiger charge is 2.42. The lowest BCUT2D eigenvalue weighted by molar-refractivity contribution is -0.190. The van der Waals surface area contributed by atoms with E-state index in [9.17, 15) is 30.7 Å². The third kappa shape index (κ3) is 6.13. The van der Waals surface area contributed by atoms with E-state index in [0.717, 1.165) is 51.3 Å². The van der Waals surface area contributed by atoms with Gasteiger partial charge in [-0.3, -0.25) is 0 Å². The van der Waals surface area contributed by atoms with Crippen molar-refractivity contribution in [3.05, 3.63) is 64.0 Å². The van der Waals surface area contributed by atoms with Gasteiger partial charge >= 0.3 is 6.11 Å². The van der Waals surface area contributed by atoms with Gasteiger partial charge in [0.1, 0.15) is 22.9 Å². The number of rotatable bonds is 8. The van der Waals surface area contributed by atoms with Crippen molar-refractivity contribution < 1.29 is 40.2 Å². The maximum absolute atomic E-state index is 14.9. The quantitative estimate of drug-likeness (QED) is 0.243. The summed E-state index contributed by atoms with van der Waals surface area (Å²) < 4.78 is 110. The van der Waals surface area contributed by atoms with Gasteiger partial charge in [0.05, 0.1) is 6.10 Å². The highest BCUT2D eigenvalue weighted by molar-refractivity contribution is 5.37. The van der Waals surface area contributed by atoms with Gasteiger partial charge in [0.2, 0.25) is 0 Å². The highest BCUT2D eigenvalue weighted by atomic mass is 19.3. The number of benzene rings is 2. The van der Waals surface area contributed by atoms with Gasteiger partial charge in [-0.2, -0.15) is 8.78 Å². The van der Waals surface area contributed by atoms with Crippen LogP contribution < -0.4 is 4.74 Å². The van der Waals surface area contributed by atoms with Crippen LogP contribution in [0.2, 0.25) is 0 Å². The molecule has 2 aromatic rings. The molecular weight excluding hydrogens is 513 g/mol. The minimum atomic E-state index is -4.60. The summed E-state index contributed by atoms with van der Waals surface area (Å²) in [6.07, 6.45) is 4.26. The maximum Gasteiger partial charge on any atom is 0.432 e. The normalized spacial score (nSPS) is 24.4. The molecule has 1 heterocycles. The third-order valence-corrected chi connectivity index (χ3v) is 8.09. The molecule has 0 radical (unpaired) electrons. The molecule has 2 fully saturated rings. The van der Waals surface area contributed by atoms with Crippen LogP contribution in [0.1, 0.15) is 87.3 Å². The summed E-state index contributed by atoms with van der Waals surface area (Å²) in [5.74, 6) is -8.68. The van der Waals surface area contributed by atoms with Gasteiger partial charge in [0.15, 0.2) is 17.5 Å². The van der Waals surface area contributed by atoms with Crippen LogP contribution in [0.5, 0.6) is 5.75 Å². The second-order valence-electron chi connectivity index (χ2n) is 10.7. The van der Waals surface area contributed by atoms with Crippen LogP contribution in [0.3, 0.4) is 0 Å². The van der Waals surface area contributed by atoms with Gasteiger partial charge in [-0.25, -0.2) is 22.0 Å². The molecule has 0 bridgehead atoms. The largest absolute Gasteiger partial charge is 0.432 e. The fourth-order valence-corrected chi connectivity index (χ4v) is 5.81. The topological polar surface area (TPSA) is 18.5 Å². The zero-order chi connectivity index (χ0) is 27.6. The molecule has 2 aromatic carbocycles. The van der Waals surface area contributed by atoms with Crippen molar-refractivity contribution in [3.63, 3.8) is 0 Å². The maximum atomic E-state index is 14.9. The van der Waals surface area contributed by atoms with E-state index >= 15 is 0 Å². The molecular formula is C29H33F7O2. The smallest absolute Gasteiger partial charge is 0.428 e.